The summed E-state index contributed by atoms with van der Waals surface area (Å²) in [6.45, 7) is 3.48. The van der Waals surface area contributed by atoms with Crippen molar-refractivity contribution < 1.29 is 19.4 Å². The zero-order valence-electron chi connectivity index (χ0n) is 11.1. The summed E-state index contributed by atoms with van der Waals surface area (Å²) in [4.78, 5) is 23.4. The van der Waals surface area contributed by atoms with Gasteiger partial charge in [-0.2, -0.15) is 0 Å². The maximum absolute atomic E-state index is 11.8. The highest BCUT2D eigenvalue weighted by Gasteiger charge is 2.25. The van der Waals surface area contributed by atoms with Crippen LogP contribution in [-0.4, -0.2) is 36.2 Å². The summed E-state index contributed by atoms with van der Waals surface area (Å²) in [5.41, 5.74) is 0.510. The molecule has 0 unspecified atom stereocenters. The molecule has 0 fully saturated rings. The quantitative estimate of drug-likeness (QED) is 0.752. The van der Waals surface area contributed by atoms with Gasteiger partial charge in [0.15, 0.2) is 0 Å². The highest BCUT2D eigenvalue weighted by molar-refractivity contribution is 5.94. The minimum absolute atomic E-state index is 0.0459. The van der Waals surface area contributed by atoms with Crippen LogP contribution in [0.4, 0.5) is 0 Å². The number of amides is 1. The van der Waals surface area contributed by atoms with E-state index in [4.69, 9.17) is 4.74 Å². The van der Waals surface area contributed by atoms with Gasteiger partial charge < -0.3 is 15.2 Å². The molecule has 0 heterocycles. The summed E-state index contributed by atoms with van der Waals surface area (Å²) in [6, 6.07) is 8.68. The van der Waals surface area contributed by atoms with Crippen molar-refractivity contribution in [3.63, 3.8) is 0 Å². The first-order chi connectivity index (χ1) is 9.06. The summed E-state index contributed by atoms with van der Waals surface area (Å²) < 4.78 is 4.85. The van der Waals surface area contributed by atoms with Crippen molar-refractivity contribution >= 4 is 11.9 Å². The first kappa shape index (κ1) is 15.2. The third-order valence-corrected chi connectivity index (χ3v) is 2.69. The lowest BCUT2D eigenvalue weighted by atomic mass is 10.0. The van der Waals surface area contributed by atoms with E-state index in [2.05, 4.69) is 5.32 Å². The first-order valence-electron chi connectivity index (χ1n) is 6.24. The molecule has 5 heteroatoms. The molecule has 0 aliphatic heterocycles. The Kier molecular flexibility index (Phi) is 6.02. The Bertz CT molecular complexity index is 417. The Balaban J connectivity index is 2.57. The highest BCUT2D eigenvalue weighted by Crippen LogP contribution is 2.06. The lowest BCUT2D eigenvalue weighted by Crippen LogP contribution is -2.39. The number of hydrogen-bond acceptors (Lipinski definition) is 4. The van der Waals surface area contributed by atoms with Crippen molar-refractivity contribution in [3.05, 3.63) is 35.9 Å². The average molecular weight is 265 g/mol. The van der Waals surface area contributed by atoms with Gasteiger partial charge >= 0.3 is 5.97 Å². The van der Waals surface area contributed by atoms with Gasteiger partial charge in [0.05, 0.1) is 18.6 Å². The minimum atomic E-state index is -0.880. The summed E-state index contributed by atoms with van der Waals surface area (Å²) >= 11 is 0. The van der Waals surface area contributed by atoms with Crippen LogP contribution in [0, 0.1) is 5.92 Å². The van der Waals surface area contributed by atoms with Crippen LogP contribution >= 0.6 is 0 Å². The smallest absolute Gasteiger partial charge is 0.313 e. The standard InChI is InChI=1S/C14H19NO4/c1-3-19-14(18)12(10(2)16)9-15-13(17)11-7-5-4-6-8-11/h4-8,10,12,16H,3,9H2,1-2H3,(H,15,17)/t10-,12-/m0/s1. The van der Waals surface area contributed by atoms with Gasteiger partial charge in [0.25, 0.3) is 5.91 Å². The van der Waals surface area contributed by atoms with Crippen LogP contribution in [0.5, 0.6) is 0 Å². The second-order valence-corrected chi connectivity index (χ2v) is 4.18. The van der Waals surface area contributed by atoms with Crippen LogP contribution in [0.25, 0.3) is 0 Å². The molecule has 0 radical (unpaired) electrons. The van der Waals surface area contributed by atoms with Gasteiger partial charge in [-0.3, -0.25) is 9.59 Å². The van der Waals surface area contributed by atoms with Gasteiger partial charge in [-0.05, 0) is 26.0 Å². The van der Waals surface area contributed by atoms with E-state index in [-0.39, 0.29) is 19.1 Å². The van der Waals surface area contributed by atoms with E-state index in [0.717, 1.165) is 0 Å². The topological polar surface area (TPSA) is 75.6 Å². The molecule has 0 saturated heterocycles. The molecule has 2 atom stereocenters. The van der Waals surface area contributed by atoms with Crippen LogP contribution in [0.15, 0.2) is 30.3 Å². The zero-order valence-corrected chi connectivity index (χ0v) is 11.1. The largest absolute Gasteiger partial charge is 0.466 e. The molecule has 19 heavy (non-hydrogen) atoms. The SMILES string of the molecule is CCOC(=O)[C@@H](CNC(=O)c1ccccc1)[C@H](C)O. The Morgan fingerprint density at radius 1 is 1.32 bits per heavy atom. The maximum atomic E-state index is 11.8. The third-order valence-electron chi connectivity index (χ3n) is 2.69. The van der Waals surface area contributed by atoms with Crippen molar-refractivity contribution in [3.8, 4) is 0 Å². The fourth-order valence-corrected chi connectivity index (χ4v) is 1.59. The monoisotopic (exact) mass is 265 g/mol. The second kappa shape index (κ2) is 7.53. The molecular formula is C14H19NO4. The number of rotatable bonds is 6. The fraction of sp³-hybridized carbons (Fsp3) is 0.429. The average Bonchev–Trinajstić information content (AvgIpc) is 2.39. The number of nitrogens with one attached hydrogen (secondary N) is 1. The number of hydrogen-bond donors (Lipinski definition) is 2. The number of benzene rings is 1. The summed E-state index contributed by atoms with van der Waals surface area (Å²) in [7, 11) is 0. The second-order valence-electron chi connectivity index (χ2n) is 4.18. The molecule has 0 spiro atoms. The Labute approximate surface area is 112 Å². The van der Waals surface area contributed by atoms with E-state index in [9.17, 15) is 14.7 Å². The predicted molar refractivity (Wildman–Crippen MR) is 70.6 cm³/mol. The van der Waals surface area contributed by atoms with Gasteiger partial charge in [-0.1, -0.05) is 18.2 Å². The molecule has 0 aliphatic rings. The van der Waals surface area contributed by atoms with E-state index in [1.54, 1.807) is 31.2 Å². The lowest BCUT2D eigenvalue weighted by Gasteiger charge is -2.18. The van der Waals surface area contributed by atoms with Crippen molar-refractivity contribution in [1.29, 1.82) is 0 Å². The number of carbonyl (C=O) groups excluding carboxylic acids is 2. The van der Waals surface area contributed by atoms with Crippen molar-refractivity contribution in [2.24, 2.45) is 5.92 Å². The molecule has 0 bridgehead atoms. The van der Waals surface area contributed by atoms with Crippen LogP contribution in [0.2, 0.25) is 0 Å². The molecule has 0 aliphatic carbocycles. The van der Waals surface area contributed by atoms with Crippen molar-refractivity contribution in [2.45, 2.75) is 20.0 Å². The van der Waals surface area contributed by atoms with Crippen molar-refractivity contribution in [2.75, 3.05) is 13.2 Å². The number of aliphatic hydroxyl groups is 1. The Hall–Kier alpha value is -1.88. The number of carbonyl (C=O) groups is 2. The van der Waals surface area contributed by atoms with Crippen LogP contribution in [0.3, 0.4) is 0 Å². The maximum Gasteiger partial charge on any atom is 0.313 e. The molecule has 1 amide bonds. The molecule has 104 valence electrons. The van der Waals surface area contributed by atoms with Crippen molar-refractivity contribution in [1.82, 2.24) is 5.32 Å². The van der Waals surface area contributed by atoms with E-state index in [1.807, 2.05) is 6.07 Å². The van der Waals surface area contributed by atoms with Crippen LogP contribution in [0.1, 0.15) is 24.2 Å². The molecule has 2 N–H and O–H groups in total. The molecule has 0 aromatic heterocycles. The Morgan fingerprint density at radius 2 is 1.95 bits per heavy atom. The fourth-order valence-electron chi connectivity index (χ4n) is 1.59. The highest BCUT2D eigenvalue weighted by atomic mass is 16.5. The summed E-state index contributed by atoms with van der Waals surface area (Å²) in [5, 5.41) is 12.2. The first-order valence-corrected chi connectivity index (χ1v) is 6.24. The number of aliphatic hydroxyl groups excluding tert-OH is 1. The third kappa shape index (κ3) is 4.71. The van der Waals surface area contributed by atoms with E-state index in [0.29, 0.717) is 5.56 Å². The van der Waals surface area contributed by atoms with E-state index >= 15 is 0 Å². The molecule has 5 nitrogen and oxygen atoms in total. The lowest BCUT2D eigenvalue weighted by molar-refractivity contribution is -0.151. The molecular weight excluding hydrogens is 246 g/mol. The van der Waals surface area contributed by atoms with E-state index < -0.39 is 18.0 Å². The van der Waals surface area contributed by atoms with Gasteiger partial charge in [0, 0.05) is 12.1 Å². The number of esters is 1. The van der Waals surface area contributed by atoms with Gasteiger partial charge in [0.2, 0.25) is 0 Å². The van der Waals surface area contributed by atoms with Crippen LogP contribution < -0.4 is 5.32 Å². The zero-order chi connectivity index (χ0) is 14.3. The van der Waals surface area contributed by atoms with Gasteiger partial charge in [-0.15, -0.1) is 0 Å². The minimum Gasteiger partial charge on any atom is -0.466 e. The molecule has 0 saturated carbocycles. The summed E-state index contributed by atoms with van der Waals surface area (Å²) in [6.07, 6.45) is -0.880. The Morgan fingerprint density at radius 3 is 2.47 bits per heavy atom. The molecule has 1 aromatic carbocycles. The van der Waals surface area contributed by atoms with Crippen LogP contribution in [-0.2, 0) is 9.53 Å². The molecule has 1 rings (SSSR count). The van der Waals surface area contributed by atoms with Gasteiger partial charge in [0.1, 0.15) is 0 Å². The summed E-state index contributed by atoms with van der Waals surface area (Å²) in [5.74, 6) is -1.55. The predicted octanol–water partition coefficient (Wildman–Crippen LogP) is 0.976. The normalized spacial score (nSPS) is 13.4. The van der Waals surface area contributed by atoms with E-state index in [1.165, 1.54) is 6.92 Å². The van der Waals surface area contributed by atoms with Gasteiger partial charge in [-0.25, -0.2) is 0 Å². The number of ether oxygens (including phenoxy) is 1. The molecule has 1 aromatic rings.